The van der Waals surface area contributed by atoms with E-state index in [2.05, 4.69) is 6.07 Å². The van der Waals surface area contributed by atoms with E-state index in [9.17, 15) is 5.11 Å². The van der Waals surface area contributed by atoms with Crippen molar-refractivity contribution in [2.24, 2.45) is 0 Å². The standard InChI is InChI=1S/C15H22O3/c1-10-7-11(2)14(13(8-10)17-4)15(16)5-6-18-12(3)9-15/h7-8,12,16H,5-6,9H2,1-4H3. The van der Waals surface area contributed by atoms with E-state index in [0.717, 1.165) is 22.4 Å². The molecule has 0 radical (unpaired) electrons. The van der Waals surface area contributed by atoms with Crippen molar-refractivity contribution in [3.63, 3.8) is 0 Å². The summed E-state index contributed by atoms with van der Waals surface area (Å²) in [7, 11) is 1.66. The Morgan fingerprint density at radius 1 is 1.39 bits per heavy atom. The first kappa shape index (κ1) is 13.4. The molecule has 1 N–H and O–H groups in total. The maximum Gasteiger partial charge on any atom is 0.125 e. The molecule has 0 aromatic heterocycles. The van der Waals surface area contributed by atoms with Gasteiger partial charge >= 0.3 is 0 Å². The number of benzene rings is 1. The van der Waals surface area contributed by atoms with Gasteiger partial charge in [-0.15, -0.1) is 0 Å². The summed E-state index contributed by atoms with van der Waals surface area (Å²) < 4.78 is 11.0. The Bertz CT molecular complexity index is 442. The van der Waals surface area contributed by atoms with Crippen LogP contribution in [-0.4, -0.2) is 24.9 Å². The molecule has 100 valence electrons. The summed E-state index contributed by atoms with van der Waals surface area (Å²) in [5.74, 6) is 0.782. The fraction of sp³-hybridized carbons (Fsp3) is 0.600. The summed E-state index contributed by atoms with van der Waals surface area (Å²) in [6.07, 6.45) is 1.32. The Morgan fingerprint density at radius 2 is 2.11 bits per heavy atom. The van der Waals surface area contributed by atoms with Crippen molar-refractivity contribution in [3.8, 4) is 5.75 Å². The monoisotopic (exact) mass is 250 g/mol. The lowest BCUT2D eigenvalue weighted by Gasteiger charge is -2.37. The van der Waals surface area contributed by atoms with Gasteiger partial charge in [0.25, 0.3) is 0 Å². The highest BCUT2D eigenvalue weighted by atomic mass is 16.5. The average Bonchev–Trinajstić information content (AvgIpc) is 2.26. The molecule has 1 aliphatic rings. The van der Waals surface area contributed by atoms with Gasteiger partial charge in [-0.2, -0.15) is 0 Å². The molecule has 0 saturated carbocycles. The minimum atomic E-state index is -0.833. The molecular weight excluding hydrogens is 228 g/mol. The predicted molar refractivity (Wildman–Crippen MR) is 71.0 cm³/mol. The van der Waals surface area contributed by atoms with E-state index in [0.29, 0.717) is 19.4 Å². The van der Waals surface area contributed by atoms with E-state index < -0.39 is 5.60 Å². The van der Waals surface area contributed by atoms with Gasteiger partial charge in [0, 0.05) is 18.4 Å². The molecule has 0 bridgehead atoms. The number of aryl methyl sites for hydroxylation is 2. The van der Waals surface area contributed by atoms with E-state index in [1.54, 1.807) is 7.11 Å². The highest BCUT2D eigenvalue weighted by molar-refractivity contribution is 5.46. The Balaban J connectivity index is 2.49. The van der Waals surface area contributed by atoms with E-state index in [1.165, 1.54) is 0 Å². The van der Waals surface area contributed by atoms with E-state index in [4.69, 9.17) is 9.47 Å². The zero-order valence-electron chi connectivity index (χ0n) is 11.6. The SMILES string of the molecule is COc1cc(C)cc(C)c1C1(O)CCOC(C)C1. The Kier molecular flexibility index (Phi) is 3.64. The summed E-state index contributed by atoms with van der Waals surface area (Å²) in [5, 5.41) is 10.9. The van der Waals surface area contributed by atoms with Crippen molar-refractivity contribution in [2.45, 2.75) is 45.3 Å². The molecule has 18 heavy (non-hydrogen) atoms. The van der Waals surface area contributed by atoms with Crippen LogP contribution in [0.15, 0.2) is 12.1 Å². The molecule has 3 heteroatoms. The van der Waals surface area contributed by atoms with Gasteiger partial charge in [-0.05, 0) is 38.0 Å². The summed E-state index contributed by atoms with van der Waals surface area (Å²) >= 11 is 0. The van der Waals surface area contributed by atoms with Crippen molar-refractivity contribution in [1.82, 2.24) is 0 Å². The molecule has 1 fully saturated rings. The topological polar surface area (TPSA) is 38.7 Å². The summed E-state index contributed by atoms with van der Waals surface area (Å²) in [6, 6.07) is 4.08. The lowest BCUT2D eigenvalue weighted by Crippen LogP contribution is -2.38. The molecule has 0 amide bonds. The highest BCUT2D eigenvalue weighted by Gasteiger charge is 2.38. The van der Waals surface area contributed by atoms with Gasteiger partial charge in [0.1, 0.15) is 5.75 Å². The normalized spacial score (nSPS) is 28.2. The zero-order chi connectivity index (χ0) is 13.3. The molecule has 1 aliphatic heterocycles. The van der Waals surface area contributed by atoms with Crippen molar-refractivity contribution in [3.05, 3.63) is 28.8 Å². The smallest absolute Gasteiger partial charge is 0.125 e. The van der Waals surface area contributed by atoms with Gasteiger partial charge in [-0.3, -0.25) is 0 Å². The van der Waals surface area contributed by atoms with Crippen molar-refractivity contribution in [1.29, 1.82) is 0 Å². The molecule has 1 aromatic carbocycles. The molecule has 0 spiro atoms. The fourth-order valence-electron chi connectivity index (χ4n) is 2.98. The van der Waals surface area contributed by atoms with Crippen LogP contribution in [0.3, 0.4) is 0 Å². The second-order valence-corrected chi connectivity index (χ2v) is 5.33. The van der Waals surface area contributed by atoms with Gasteiger partial charge < -0.3 is 14.6 Å². The maximum absolute atomic E-state index is 10.9. The van der Waals surface area contributed by atoms with E-state index in [-0.39, 0.29) is 6.10 Å². The number of ether oxygens (including phenoxy) is 2. The van der Waals surface area contributed by atoms with Crippen LogP contribution in [0.5, 0.6) is 5.75 Å². The third-order valence-corrected chi connectivity index (χ3v) is 3.67. The van der Waals surface area contributed by atoms with Crippen molar-refractivity contribution >= 4 is 0 Å². The zero-order valence-corrected chi connectivity index (χ0v) is 11.6. The lowest BCUT2D eigenvalue weighted by molar-refractivity contribution is -0.102. The molecule has 3 nitrogen and oxygen atoms in total. The second kappa shape index (κ2) is 4.90. The van der Waals surface area contributed by atoms with Crippen LogP contribution in [-0.2, 0) is 10.3 Å². The molecule has 0 aliphatic carbocycles. The van der Waals surface area contributed by atoms with Crippen LogP contribution in [0.4, 0.5) is 0 Å². The number of hydrogen-bond donors (Lipinski definition) is 1. The van der Waals surface area contributed by atoms with Gasteiger partial charge in [-0.25, -0.2) is 0 Å². The fourth-order valence-corrected chi connectivity index (χ4v) is 2.98. The van der Waals surface area contributed by atoms with Crippen LogP contribution >= 0.6 is 0 Å². The molecule has 2 rings (SSSR count). The molecule has 1 saturated heterocycles. The molecule has 1 heterocycles. The maximum atomic E-state index is 10.9. The Hall–Kier alpha value is -1.06. The predicted octanol–water partition coefficient (Wildman–Crippen LogP) is 2.70. The number of methoxy groups -OCH3 is 1. The number of hydrogen-bond acceptors (Lipinski definition) is 3. The van der Waals surface area contributed by atoms with Crippen LogP contribution in [0, 0.1) is 13.8 Å². The van der Waals surface area contributed by atoms with Crippen LogP contribution in [0.1, 0.15) is 36.5 Å². The number of aliphatic hydroxyl groups is 1. The first-order chi connectivity index (χ1) is 8.46. The van der Waals surface area contributed by atoms with Crippen LogP contribution < -0.4 is 4.74 Å². The lowest BCUT2D eigenvalue weighted by atomic mass is 9.81. The number of rotatable bonds is 2. The highest BCUT2D eigenvalue weighted by Crippen LogP contribution is 2.41. The minimum absolute atomic E-state index is 0.0779. The molecule has 1 aromatic rings. The summed E-state index contributed by atoms with van der Waals surface area (Å²) in [4.78, 5) is 0. The van der Waals surface area contributed by atoms with Gasteiger partial charge in [0.05, 0.1) is 25.4 Å². The summed E-state index contributed by atoms with van der Waals surface area (Å²) in [5.41, 5.74) is 2.33. The molecule has 2 atom stereocenters. The quantitative estimate of drug-likeness (QED) is 0.877. The van der Waals surface area contributed by atoms with Crippen molar-refractivity contribution in [2.75, 3.05) is 13.7 Å². The first-order valence-corrected chi connectivity index (χ1v) is 6.46. The van der Waals surface area contributed by atoms with Gasteiger partial charge in [0.2, 0.25) is 0 Å². The molecular formula is C15H22O3. The van der Waals surface area contributed by atoms with E-state index >= 15 is 0 Å². The van der Waals surface area contributed by atoms with E-state index in [1.807, 2.05) is 26.8 Å². The minimum Gasteiger partial charge on any atom is -0.496 e. The first-order valence-electron chi connectivity index (χ1n) is 6.46. The summed E-state index contributed by atoms with van der Waals surface area (Å²) in [6.45, 7) is 6.66. The van der Waals surface area contributed by atoms with Crippen molar-refractivity contribution < 1.29 is 14.6 Å². The van der Waals surface area contributed by atoms with Crippen LogP contribution in [0.2, 0.25) is 0 Å². The second-order valence-electron chi connectivity index (χ2n) is 5.33. The van der Waals surface area contributed by atoms with Gasteiger partial charge in [0.15, 0.2) is 0 Å². The van der Waals surface area contributed by atoms with Crippen LogP contribution in [0.25, 0.3) is 0 Å². The average molecular weight is 250 g/mol. The third kappa shape index (κ3) is 2.38. The largest absolute Gasteiger partial charge is 0.496 e. The third-order valence-electron chi connectivity index (χ3n) is 3.67. The molecule has 2 unspecified atom stereocenters. The Morgan fingerprint density at radius 3 is 2.72 bits per heavy atom. The Labute approximate surface area is 109 Å². The van der Waals surface area contributed by atoms with Gasteiger partial charge in [-0.1, -0.05) is 6.07 Å².